The molecular weight excluding hydrogens is 254 g/mol. The second kappa shape index (κ2) is 6.86. The molecule has 0 aliphatic heterocycles. The second-order valence-electron chi connectivity index (χ2n) is 5.09. The van der Waals surface area contributed by atoms with Gasteiger partial charge in [-0.25, -0.2) is 0 Å². The van der Waals surface area contributed by atoms with Crippen molar-refractivity contribution in [1.82, 2.24) is 0 Å². The lowest BCUT2D eigenvalue weighted by Crippen LogP contribution is -2.28. The molecular formula is C16H21NOS. The Labute approximate surface area is 120 Å². The molecule has 0 saturated heterocycles. The van der Waals surface area contributed by atoms with Crippen LogP contribution in [0.15, 0.2) is 23.1 Å². The SMILES string of the molecule is CCSc1cccc(OC2CCCCC2C)c1C#N. The minimum Gasteiger partial charge on any atom is -0.489 e. The molecule has 2 unspecified atom stereocenters. The lowest BCUT2D eigenvalue weighted by atomic mass is 9.88. The fraction of sp³-hybridized carbons (Fsp3) is 0.562. The van der Waals surface area contributed by atoms with Crippen LogP contribution in [0.5, 0.6) is 5.75 Å². The molecule has 2 rings (SSSR count). The topological polar surface area (TPSA) is 33.0 Å². The largest absolute Gasteiger partial charge is 0.489 e. The van der Waals surface area contributed by atoms with Gasteiger partial charge in [0.15, 0.2) is 0 Å². The van der Waals surface area contributed by atoms with E-state index in [0.717, 1.165) is 22.8 Å². The van der Waals surface area contributed by atoms with Crippen molar-refractivity contribution >= 4 is 11.8 Å². The number of rotatable bonds is 4. The molecule has 0 N–H and O–H groups in total. The predicted molar refractivity (Wildman–Crippen MR) is 79.6 cm³/mol. The molecule has 2 atom stereocenters. The highest BCUT2D eigenvalue weighted by atomic mass is 32.2. The summed E-state index contributed by atoms with van der Waals surface area (Å²) in [7, 11) is 0. The number of hydrogen-bond acceptors (Lipinski definition) is 3. The van der Waals surface area contributed by atoms with Gasteiger partial charge in [-0.15, -0.1) is 11.8 Å². The van der Waals surface area contributed by atoms with Gasteiger partial charge in [-0.1, -0.05) is 26.3 Å². The number of benzene rings is 1. The Balaban J connectivity index is 2.19. The van der Waals surface area contributed by atoms with E-state index < -0.39 is 0 Å². The molecule has 2 nitrogen and oxygen atoms in total. The van der Waals surface area contributed by atoms with Crippen molar-refractivity contribution in [1.29, 1.82) is 5.26 Å². The van der Waals surface area contributed by atoms with Crippen LogP contribution in [0.25, 0.3) is 0 Å². The van der Waals surface area contributed by atoms with Crippen LogP contribution in [0, 0.1) is 17.2 Å². The van der Waals surface area contributed by atoms with Gasteiger partial charge in [0.2, 0.25) is 0 Å². The predicted octanol–water partition coefficient (Wildman–Crippen LogP) is 4.63. The maximum absolute atomic E-state index is 9.38. The molecule has 0 spiro atoms. The fourth-order valence-electron chi connectivity index (χ4n) is 2.62. The third-order valence-corrected chi connectivity index (χ3v) is 4.65. The molecule has 0 heterocycles. The normalized spacial score (nSPS) is 22.8. The minimum absolute atomic E-state index is 0.266. The number of nitrogens with zero attached hydrogens (tertiary/aromatic N) is 1. The smallest absolute Gasteiger partial charge is 0.138 e. The summed E-state index contributed by atoms with van der Waals surface area (Å²) >= 11 is 1.70. The van der Waals surface area contributed by atoms with Gasteiger partial charge in [-0.05, 0) is 43.1 Å². The third-order valence-electron chi connectivity index (χ3n) is 3.71. The van der Waals surface area contributed by atoms with E-state index >= 15 is 0 Å². The van der Waals surface area contributed by atoms with E-state index in [1.807, 2.05) is 18.2 Å². The van der Waals surface area contributed by atoms with Crippen molar-refractivity contribution in [2.75, 3.05) is 5.75 Å². The molecule has 0 aromatic heterocycles. The maximum atomic E-state index is 9.38. The molecule has 1 aromatic rings. The minimum atomic E-state index is 0.266. The molecule has 19 heavy (non-hydrogen) atoms. The summed E-state index contributed by atoms with van der Waals surface area (Å²) in [4.78, 5) is 1.03. The van der Waals surface area contributed by atoms with Crippen LogP contribution < -0.4 is 4.74 Å². The Morgan fingerprint density at radius 1 is 1.37 bits per heavy atom. The lowest BCUT2D eigenvalue weighted by molar-refractivity contribution is 0.102. The second-order valence-corrected chi connectivity index (χ2v) is 6.40. The maximum Gasteiger partial charge on any atom is 0.138 e. The number of hydrogen-bond donors (Lipinski definition) is 0. The van der Waals surface area contributed by atoms with Crippen molar-refractivity contribution in [2.45, 2.75) is 50.5 Å². The molecule has 1 aliphatic rings. The quantitative estimate of drug-likeness (QED) is 0.751. The number of thioether (sulfide) groups is 1. The average Bonchev–Trinajstić information content (AvgIpc) is 2.42. The monoisotopic (exact) mass is 275 g/mol. The first-order chi connectivity index (χ1) is 9.26. The van der Waals surface area contributed by atoms with Crippen LogP contribution in [0.1, 0.15) is 45.1 Å². The molecule has 3 heteroatoms. The highest BCUT2D eigenvalue weighted by Crippen LogP contribution is 2.33. The molecule has 0 amide bonds. The van der Waals surface area contributed by atoms with Crippen LogP contribution in [-0.2, 0) is 0 Å². The van der Waals surface area contributed by atoms with Crippen LogP contribution >= 0.6 is 11.8 Å². The zero-order chi connectivity index (χ0) is 13.7. The molecule has 1 aromatic carbocycles. The lowest BCUT2D eigenvalue weighted by Gasteiger charge is -2.29. The van der Waals surface area contributed by atoms with Crippen molar-refractivity contribution in [3.63, 3.8) is 0 Å². The summed E-state index contributed by atoms with van der Waals surface area (Å²) in [5.41, 5.74) is 0.701. The summed E-state index contributed by atoms with van der Waals surface area (Å²) in [6.45, 7) is 4.35. The molecule has 1 fully saturated rings. The highest BCUT2D eigenvalue weighted by Gasteiger charge is 2.24. The molecule has 0 radical (unpaired) electrons. The third kappa shape index (κ3) is 3.45. The van der Waals surface area contributed by atoms with Gasteiger partial charge < -0.3 is 4.74 Å². The standard InChI is InChI=1S/C16H21NOS/c1-3-19-16-10-6-9-15(13(16)11-17)18-14-8-5-4-7-12(14)2/h6,9-10,12,14H,3-5,7-8H2,1-2H3. The van der Waals surface area contributed by atoms with E-state index in [1.165, 1.54) is 19.3 Å². The van der Waals surface area contributed by atoms with Gasteiger partial charge in [-0.3, -0.25) is 0 Å². The Kier molecular flexibility index (Phi) is 5.15. The van der Waals surface area contributed by atoms with Crippen LogP contribution in [0.3, 0.4) is 0 Å². The number of ether oxygens (including phenoxy) is 1. The summed E-state index contributed by atoms with van der Waals surface area (Å²) in [5.74, 6) is 2.32. The van der Waals surface area contributed by atoms with Crippen LogP contribution in [0.2, 0.25) is 0 Å². The van der Waals surface area contributed by atoms with Gasteiger partial charge in [0.25, 0.3) is 0 Å². The first-order valence-corrected chi connectivity index (χ1v) is 8.07. The summed E-state index contributed by atoms with van der Waals surface area (Å²) < 4.78 is 6.14. The van der Waals surface area contributed by atoms with Gasteiger partial charge in [0, 0.05) is 4.90 Å². The van der Waals surface area contributed by atoms with Crippen molar-refractivity contribution in [2.24, 2.45) is 5.92 Å². The van der Waals surface area contributed by atoms with Crippen molar-refractivity contribution < 1.29 is 4.74 Å². The van der Waals surface area contributed by atoms with Gasteiger partial charge in [-0.2, -0.15) is 5.26 Å². The zero-order valence-electron chi connectivity index (χ0n) is 11.7. The molecule has 102 valence electrons. The molecule has 0 bridgehead atoms. The summed E-state index contributed by atoms with van der Waals surface area (Å²) in [5, 5.41) is 9.38. The Bertz CT molecular complexity index is 466. The van der Waals surface area contributed by atoms with Crippen LogP contribution in [-0.4, -0.2) is 11.9 Å². The van der Waals surface area contributed by atoms with E-state index in [9.17, 15) is 5.26 Å². The van der Waals surface area contributed by atoms with E-state index in [1.54, 1.807) is 11.8 Å². The van der Waals surface area contributed by atoms with Gasteiger partial charge in [0.05, 0.1) is 0 Å². The summed E-state index contributed by atoms with van der Waals surface area (Å²) in [6.07, 6.45) is 5.15. The van der Waals surface area contributed by atoms with Crippen LogP contribution in [0.4, 0.5) is 0 Å². The first kappa shape index (κ1) is 14.3. The van der Waals surface area contributed by atoms with Crippen molar-refractivity contribution in [3.05, 3.63) is 23.8 Å². The Hall–Kier alpha value is -1.14. The summed E-state index contributed by atoms with van der Waals surface area (Å²) in [6, 6.07) is 8.23. The fourth-order valence-corrected chi connectivity index (χ4v) is 3.39. The zero-order valence-corrected chi connectivity index (χ0v) is 12.5. The average molecular weight is 275 g/mol. The first-order valence-electron chi connectivity index (χ1n) is 7.08. The Morgan fingerprint density at radius 2 is 2.16 bits per heavy atom. The van der Waals surface area contributed by atoms with Gasteiger partial charge >= 0.3 is 0 Å². The van der Waals surface area contributed by atoms with Crippen molar-refractivity contribution in [3.8, 4) is 11.8 Å². The van der Waals surface area contributed by atoms with E-state index in [-0.39, 0.29) is 6.10 Å². The van der Waals surface area contributed by atoms with E-state index in [2.05, 4.69) is 19.9 Å². The molecule has 1 saturated carbocycles. The van der Waals surface area contributed by atoms with E-state index in [0.29, 0.717) is 11.5 Å². The number of nitriles is 1. The van der Waals surface area contributed by atoms with E-state index in [4.69, 9.17) is 4.74 Å². The van der Waals surface area contributed by atoms with Gasteiger partial charge in [0.1, 0.15) is 23.5 Å². The highest BCUT2D eigenvalue weighted by molar-refractivity contribution is 7.99. The Morgan fingerprint density at radius 3 is 2.84 bits per heavy atom. The molecule has 1 aliphatic carbocycles.